The lowest BCUT2D eigenvalue weighted by Gasteiger charge is -2.33. The van der Waals surface area contributed by atoms with Crippen molar-refractivity contribution in [3.63, 3.8) is 0 Å². The first-order chi connectivity index (χ1) is 15.2. The highest BCUT2D eigenvalue weighted by Gasteiger charge is 2.38. The molecule has 3 aromatic heterocycles. The highest BCUT2D eigenvalue weighted by molar-refractivity contribution is 5.78. The average molecular weight is 424 g/mol. The fourth-order valence-electron chi connectivity index (χ4n) is 4.00. The Hall–Kier alpha value is -3.47. The Morgan fingerprint density at radius 3 is 2.71 bits per heavy atom. The molecule has 11 heteroatoms. The van der Waals surface area contributed by atoms with E-state index in [1.165, 1.54) is 9.75 Å². The third kappa shape index (κ3) is 3.83. The average Bonchev–Trinajstić information content (AvgIpc) is 3.52. The zero-order valence-corrected chi connectivity index (χ0v) is 16.7. The van der Waals surface area contributed by atoms with Gasteiger partial charge < -0.3 is 4.90 Å². The Morgan fingerprint density at radius 1 is 1.10 bits per heavy atom. The van der Waals surface area contributed by atoms with E-state index in [1.54, 1.807) is 37.1 Å². The smallest absolute Gasteiger partial charge is 0.250 e. The number of carbonyl (C=O) groups is 1. The van der Waals surface area contributed by atoms with Crippen molar-refractivity contribution in [1.82, 2.24) is 34.8 Å². The minimum absolute atomic E-state index is 0.0370. The van der Waals surface area contributed by atoms with Gasteiger partial charge in [-0.05, 0) is 18.9 Å². The van der Waals surface area contributed by atoms with Gasteiger partial charge in [-0.1, -0.05) is 0 Å². The van der Waals surface area contributed by atoms with Gasteiger partial charge in [0, 0.05) is 50.2 Å². The Balaban J connectivity index is 1.26. The van der Waals surface area contributed by atoms with E-state index in [-0.39, 0.29) is 23.7 Å². The fraction of sp³-hybridized carbons (Fsp3) is 0.400. The predicted octanol–water partition coefficient (Wildman–Crippen LogP) is 1.71. The molecule has 2 aliphatic rings. The van der Waals surface area contributed by atoms with Crippen LogP contribution in [0.25, 0.3) is 5.82 Å². The number of hydrogen-bond acceptors (Lipinski definition) is 8. The largest absolute Gasteiger partial charge is 0.341 e. The standard InChI is InChI=1S/C20H21FN8O2/c21-15-12-24-20(26-18(15)28-8-1-5-25-28)27-9-2-14(3-10-27)19(30)29-17(4-11-31-29)16-13-22-6-7-23-16/h1,5-8,12-14,17H,2-4,9-11H2/t17-/m0/s1. The summed E-state index contributed by atoms with van der Waals surface area (Å²) >= 11 is 0. The van der Waals surface area contributed by atoms with Crippen LogP contribution in [-0.4, -0.2) is 60.4 Å². The van der Waals surface area contributed by atoms with E-state index < -0.39 is 5.82 Å². The normalized spacial score (nSPS) is 19.7. The number of amides is 1. The number of aromatic nitrogens is 6. The summed E-state index contributed by atoms with van der Waals surface area (Å²) in [6.45, 7) is 1.65. The molecule has 0 aliphatic carbocycles. The Labute approximate surface area is 177 Å². The second-order valence-electron chi connectivity index (χ2n) is 7.49. The third-order valence-electron chi connectivity index (χ3n) is 5.61. The lowest BCUT2D eigenvalue weighted by atomic mass is 9.95. The monoisotopic (exact) mass is 424 g/mol. The van der Waals surface area contributed by atoms with Crippen LogP contribution in [-0.2, 0) is 9.63 Å². The first-order valence-electron chi connectivity index (χ1n) is 10.2. The van der Waals surface area contributed by atoms with Crippen LogP contribution in [0.3, 0.4) is 0 Å². The SMILES string of the molecule is O=C(C1CCN(c2ncc(F)c(-n3cccn3)n2)CC1)N1OCC[C@H]1c1cnccn1. The molecule has 5 rings (SSSR count). The predicted molar refractivity (Wildman–Crippen MR) is 106 cm³/mol. The van der Waals surface area contributed by atoms with Crippen molar-refractivity contribution >= 4 is 11.9 Å². The van der Waals surface area contributed by atoms with Crippen LogP contribution >= 0.6 is 0 Å². The van der Waals surface area contributed by atoms with Gasteiger partial charge in [-0.2, -0.15) is 10.1 Å². The van der Waals surface area contributed by atoms with E-state index >= 15 is 0 Å². The van der Waals surface area contributed by atoms with Crippen molar-refractivity contribution in [1.29, 1.82) is 0 Å². The van der Waals surface area contributed by atoms with Gasteiger partial charge in [0.2, 0.25) is 11.9 Å². The molecule has 1 atom stereocenters. The van der Waals surface area contributed by atoms with Gasteiger partial charge in [0.15, 0.2) is 11.6 Å². The molecule has 0 aromatic carbocycles. The molecular weight excluding hydrogens is 403 g/mol. The van der Waals surface area contributed by atoms with Crippen molar-refractivity contribution in [3.8, 4) is 5.82 Å². The molecule has 0 N–H and O–H groups in total. The molecule has 5 heterocycles. The Morgan fingerprint density at radius 2 is 1.97 bits per heavy atom. The highest BCUT2D eigenvalue weighted by atomic mass is 19.1. The zero-order valence-electron chi connectivity index (χ0n) is 16.7. The van der Waals surface area contributed by atoms with E-state index in [0.717, 1.165) is 11.9 Å². The van der Waals surface area contributed by atoms with Crippen LogP contribution < -0.4 is 4.90 Å². The summed E-state index contributed by atoms with van der Waals surface area (Å²) in [7, 11) is 0. The second-order valence-corrected chi connectivity index (χ2v) is 7.49. The van der Waals surface area contributed by atoms with Gasteiger partial charge in [-0.15, -0.1) is 0 Å². The lowest BCUT2D eigenvalue weighted by Crippen LogP contribution is -2.42. The van der Waals surface area contributed by atoms with Crippen molar-refractivity contribution in [2.45, 2.75) is 25.3 Å². The number of carbonyl (C=O) groups excluding carboxylic acids is 1. The number of hydroxylamine groups is 2. The van der Waals surface area contributed by atoms with Gasteiger partial charge in [-0.25, -0.2) is 19.1 Å². The lowest BCUT2D eigenvalue weighted by molar-refractivity contribution is -0.182. The number of hydrogen-bond donors (Lipinski definition) is 0. The Bertz CT molecular complexity index is 1040. The minimum atomic E-state index is -0.543. The van der Waals surface area contributed by atoms with Crippen molar-refractivity contribution in [3.05, 3.63) is 54.8 Å². The number of piperidine rings is 1. The number of anilines is 1. The molecule has 31 heavy (non-hydrogen) atoms. The minimum Gasteiger partial charge on any atom is -0.341 e. The number of halogens is 1. The molecule has 0 spiro atoms. The molecule has 2 fully saturated rings. The second kappa shape index (κ2) is 8.34. The maximum Gasteiger partial charge on any atom is 0.250 e. The van der Waals surface area contributed by atoms with Gasteiger partial charge in [-0.3, -0.25) is 19.6 Å². The molecule has 3 aromatic rings. The summed E-state index contributed by atoms with van der Waals surface area (Å²) in [5, 5.41) is 5.51. The van der Waals surface area contributed by atoms with E-state index in [4.69, 9.17) is 4.84 Å². The Kier molecular flexibility index (Phi) is 5.24. The van der Waals surface area contributed by atoms with Crippen LogP contribution in [0, 0.1) is 11.7 Å². The molecule has 0 radical (unpaired) electrons. The van der Waals surface area contributed by atoms with Gasteiger partial charge in [0.05, 0.1) is 24.7 Å². The first kappa shape index (κ1) is 19.5. The summed E-state index contributed by atoms with van der Waals surface area (Å²) in [4.78, 5) is 37.6. The molecule has 1 amide bonds. The van der Waals surface area contributed by atoms with Crippen LogP contribution in [0.5, 0.6) is 0 Å². The maximum absolute atomic E-state index is 14.1. The van der Waals surface area contributed by atoms with Crippen LogP contribution in [0.1, 0.15) is 31.0 Å². The topological polar surface area (TPSA) is 102 Å². The summed E-state index contributed by atoms with van der Waals surface area (Å²) in [6.07, 6.45) is 11.2. The summed E-state index contributed by atoms with van der Waals surface area (Å²) in [5.41, 5.74) is 0.733. The van der Waals surface area contributed by atoms with E-state index in [9.17, 15) is 9.18 Å². The first-order valence-corrected chi connectivity index (χ1v) is 10.2. The zero-order chi connectivity index (χ0) is 21.2. The molecule has 0 saturated carbocycles. The van der Waals surface area contributed by atoms with Crippen molar-refractivity contribution < 1.29 is 14.0 Å². The summed E-state index contributed by atoms with van der Waals surface area (Å²) in [6, 6.07) is 1.49. The molecule has 2 aliphatic heterocycles. The van der Waals surface area contributed by atoms with Crippen molar-refractivity contribution in [2.75, 3.05) is 24.6 Å². The quantitative estimate of drug-likeness (QED) is 0.624. The van der Waals surface area contributed by atoms with Gasteiger partial charge in [0.1, 0.15) is 6.04 Å². The van der Waals surface area contributed by atoms with Gasteiger partial charge >= 0.3 is 0 Å². The van der Waals surface area contributed by atoms with Crippen LogP contribution in [0.2, 0.25) is 0 Å². The molecule has 0 bridgehead atoms. The van der Waals surface area contributed by atoms with E-state index in [2.05, 4.69) is 25.0 Å². The maximum atomic E-state index is 14.1. The number of nitrogens with zero attached hydrogens (tertiary/aromatic N) is 8. The fourth-order valence-corrected chi connectivity index (χ4v) is 4.00. The third-order valence-corrected chi connectivity index (χ3v) is 5.61. The molecule has 10 nitrogen and oxygen atoms in total. The molecular formula is C20H21FN8O2. The van der Waals surface area contributed by atoms with Crippen LogP contribution in [0.15, 0.2) is 43.2 Å². The van der Waals surface area contributed by atoms with E-state index in [0.29, 0.717) is 44.9 Å². The van der Waals surface area contributed by atoms with Gasteiger partial charge in [0.25, 0.3) is 0 Å². The summed E-state index contributed by atoms with van der Waals surface area (Å²) in [5.74, 6) is -0.221. The highest BCUT2D eigenvalue weighted by Crippen LogP contribution is 2.32. The van der Waals surface area contributed by atoms with Crippen LogP contribution in [0.4, 0.5) is 10.3 Å². The summed E-state index contributed by atoms with van der Waals surface area (Å²) < 4.78 is 15.5. The number of rotatable bonds is 4. The van der Waals surface area contributed by atoms with E-state index in [1.807, 2.05) is 4.90 Å². The molecule has 0 unspecified atom stereocenters. The van der Waals surface area contributed by atoms with Crippen molar-refractivity contribution in [2.24, 2.45) is 5.92 Å². The molecule has 2 saturated heterocycles. The molecule has 160 valence electrons.